The number of fused-ring (bicyclic) bond motifs is 1. The number of carbonyl (C=O) groups excluding carboxylic acids is 2. The molecule has 0 aliphatic rings. The maximum atomic E-state index is 12.2. The van der Waals surface area contributed by atoms with Gasteiger partial charge in [-0.1, -0.05) is 11.6 Å². The van der Waals surface area contributed by atoms with Crippen molar-refractivity contribution in [3.8, 4) is 0 Å². The van der Waals surface area contributed by atoms with Gasteiger partial charge < -0.3 is 10.3 Å². The average Bonchev–Trinajstić information content (AvgIpc) is 2.91. The van der Waals surface area contributed by atoms with Gasteiger partial charge in [0.2, 0.25) is 0 Å². The van der Waals surface area contributed by atoms with Crippen LogP contribution < -0.4 is 5.32 Å². The third-order valence-electron chi connectivity index (χ3n) is 3.38. The molecule has 3 aromatic rings. The summed E-state index contributed by atoms with van der Waals surface area (Å²) in [6, 6.07) is 13.9. The number of anilines is 1. The lowest BCUT2D eigenvalue weighted by molar-refractivity contribution is 0.101. The van der Waals surface area contributed by atoms with E-state index in [1.807, 2.05) is 6.07 Å². The SMILES string of the molecule is CC(=O)c1ccc(NC(=O)c2cc3cc(Cl)ccc3[nH]2)cc1. The number of aromatic nitrogens is 1. The Bertz CT molecular complexity index is 866. The quantitative estimate of drug-likeness (QED) is 0.709. The first-order valence-corrected chi connectivity index (χ1v) is 7.11. The predicted molar refractivity (Wildman–Crippen MR) is 87.7 cm³/mol. The molecule has 0 saturated carbocycles. The van der Waals surface area contributed by atoms with Crippen molar-refractivity contribution in [2.45, 2.75) is 6.92 Å². The first-order chi connectivity index (χ1) is 10.5. The van der Waals surface area contributed by atoms with Gasteiger partial charge in [0, 0.05) is 27.2 Å². The van der Waals surface area contributed by atoms with Crippen molar-refractivity contribution in [3.05, 3.63) is 64.8 Å². The minimum absolute atomic E-state index is 0.00891. The number of aromatic amines is 1. The largest absolute Gasteiger partial charge is 0.351 e. The molecule has 0 aliphatic carbocycles. The first kappa shape index (κ1) is 14.4. The molecule has 0 saturated heterocycles. The molecule has 4 nitrogen and oxygen atoms in total. The Kier molecular flexibility index (Phi) is 3.69. The topological polar surface area (TPSA) is 62.0 Å². The number of benzene rings is 2. The van der Waals surface area contributed by atoms with Crippen LogP contribution in [-0.4, -0.2) is 16.7 Å². The number of rotatable bonds is 3. The fourth-order valence-corrected chi connectivity index (χ4v) is 2.39. The number of carbonyl (C=O) groups is 2. The van der Waals surface area contributed by atoms with Crippen LogP contribution in [0.25, 0.3) is 10.9 Å². The number of nitrogens with one attached hydrogen (secondary N) is 2. The second-order valence-electron chi connectivity index (χ2n) is 5.00. The summed E-state index contributed by atoms with van der Waals surface area (Å²) in [4.78, 5) is 26.5. The van der Waals surface area contributed by atoms with E-state index < -0.39 is 0 Å². The Labute approximate surface area is 132 Å². The standard InChI is InChI=1S/C17H13ClN2O2/c1-10(21)11-2-5-14(6-3-11)19-17(22)16-9-12-8-13(18)4-7-15(12)20-16/h2-9,20H,1H3,(H,19,22). The Morgan fingerprint density at radius 3 is 2.45 bits per heavy atom. The molecular weight excluding hydrogens is 300 g/mol. The van der Waals surface area contributed by atoms with Gasteiger partial charge in [-0.15, -0.1) is 0 Å². The van der Waals surface area contributed by atoms with Crippen molar-refractivity contribution in [3.63, 3.8) is 0 Å². The van der Waals surface area contributed by atoms with E-state index in [9.17, 15) is 9.59 Å². The van der Waals surface area contributed by atoms with Crippen LogP contribution in [0.4, 0.5) is 5.69 Å². The van der Waals surface area contributed by atoms with Crippen molar-refractivity contribution >= 4 is 39.9 Å². The van der Waals surface area contributed by atoms with Crippen LogP contribution in [0.5, 0.6) is 0 Å². The number of hydrogen-bond acceptors (Lipinski definition) is 2. The molecule has 0 atom stereocenters. The number of H-pyrrole nitrogens is 1. The van der Waals surface area contributed by atoms with Gasteiger partial charge in [0.05, 0.1) is 0 Å². The zero-order chi connectivity index (χ0) is 15.7. The summed E-state index contributed by atoms with van der Waals surface area (Å²) in [6.07, 6.45) is 0. The maximum Gasteiger partial charge on any atom is 0.272 e. The van der Waals surface area contributed by atoms with Gasteiger partial charge >= 0.3 is 0 Å². The van der Waals surface area contributed by atoms with Gasteiger partial charge in [0.1, 0.15) is 5.69 Å². The van der Waals surface area contributed by atoms with Crippen molar-refractivity contribution in [2.75, 3.05) is 5.32 Å². The van der Waals surface area contributed by atoms with Crippen LogP contribution in [0, 0.1) is 0 Å². The Morgan fingerprint density at radius 2 is 1.77 bits per heavy atom. The average molecular weight is 313 g/mol. The number of Topliss-reactive ketones (excluding diaryl/α,β-unsaturated/α-hetero) is 1. The van der Waals surface area contributed by atoms with E-state index in [-0.39, 0.29) is 11.7 Å². The van der Waals surface area contributed by atoms with E-state index in [2.05, 4.69) is 10.3 Å². The zero-order valence-corrected chi connectivity index (χ0v) is 12.6. The Balaban J connectivity index is 1.81. The third-order valence-corrected chi connectivity index (χ3v) is 3.61. The van der Waals surface area contributed by atoms with Crippen molar-refractivity contribution in [1.29, 1.82) is 0 Å². The summed E-state index contributed by atoms with van der Waals surface area (Å²) in [6.45, 7) is 1.50. The highest BCUT2D eigenvalue weighted by atomic mass is 35.5. The van der Waals surface area contributed by atoms with E-state index in [1.165, 1.54) is 6.92 Å². The molecule has 22 heavy (non-hydrogen) atoms. The van der Waals surface area contributed by atoms with E-state index >= 15 is 0 Å². The first-order valence-electron chi connectivity index (χ1n) is 6.73. The second kappa shape index (κ2) is 5.66. The fourth-order valence-electron chi connectivity index (χ4n) is 2.21. The Hall–Kier alpha value is -2.59. The molecule has 1 amide bonds. The van der Waals surface area contributed by atoms with Crippen LogP contribution in [-0.2, 0) is 0 Å². The molecule has 5 heteroatoms. The molecule has 0 bridgehead atoms. The van der Waals surface area contributed by atoms with E-state index in [0.717, 1.165) is 10.9 Å². The maximum absolute atomic E-state index is 12.2. The molecule has 2 N–H and O–H groups in total. The van der Waals surface area contributed by atoms with Crippen LogP contribution >= 0.6 is 11.6 Å². The summed E-state index contributed by atoms with van der Waals surface area (Å²) < 4.78 is 0. The van der Waals surface area contributed by atoms with Crippen LogP contribution in [0.3, 0.4) is 0 Å². The summed E-state index contributed by atoms with van der Waals surface area (Å²) in [5.74, 6) is -0.256. The summed E-state index contributed by atoms with van der Waals surface area (Å²) in [5, 5.41) is 4.29. The second-order valence-corrected chi connectivity index (χ2v) is 5.44. The van der Waals surface area contributed by atoms with Crippen molar-refractivity contribution in [2.24, 2.45) is 0 Å². The summed E-state index contributed by atoms with van der Waals surface area (Å²) in [5.41, 5.74) is 2.54. The molecule has 0 spiro atoms. The normalized spacial score (nSPS) is 10.6. The molecule has 1 aromatic heterocycles. The number of hydrogen-bond donors (Lipinski definition) is 2. The van der Waals surface area contributed by atoms with Gasteiger partial charge in [-0.25, -0.2) is 0 Å². The van der Waals surface area contributed by atoms with Gasteiger partial charge in [0.15, 0.2) is 5.78 Å². The summed E-state index contributed by atoms with van der Waals surface area (Å²) in [7, 11) is 0. The van der Waals surface area contributed by atoms with Crippen LogP contribution in [0.2, 0.25) is 5.02 Å². The lowest BCUT2D eigenvalue weighted by atomic mass is 10.1. The molecule has 2 aromatic carbocycles. The minimum Gasteiger partial charge on any atom is -0.351 e. The number of halogens is 1. The highest BCUT2D eigenvalue weighted by molar-refractivity contribution is 6.31. The van der Waals surface area contributed by atoms with Crippen molar-refractivity contribution in [1.82, 2.24) is 4.98 Å². The number of ketones is 1. The molecule has 1 heterocycles. The van der Waals surface area contributed by atoms with E-state index in [1.54, 1.807) is 42.5 Å². The molecule has 110 valence electrons. The van der Waals surface area contributed by atoms with E-state index in [0.29, 0.717) is 22.0 Å². The third kappa shape index (κ3) is 2.87. The monoisotopic (exact) mass is 312 g/mol. The summed E-state index contributed by atoms with van der Waals surface area (Å²) >= 11 is 5.94. The highest BCUT2D eigenvalue weighted by Gasteiger charge is 2.10. The lowest BCUT2D eigenvalue weighted by Gasteiger charge is -2.04. The fraction of sp³-hybridized carbons (Fsp3) is 0.0588. The van der Waals surface area contributed by atoms with Gasteiger partial charge in [-0.05, 0) is 55.5 Å². The predicted octanol–water partition coefficient (Wildman–Crippen LogP) is 4.28. The van der Waals surface area contributed by atoms with Crippen LogP contribution in [0.1, 0.15) is 27.8 Å². The zero-order valence-electron chi connectivity index (χ0n) is 11.8. The molecule has 0 unspecified atom stereocenters. The van der Waals surface area contributed by atoms with Gasteiger partial charge in [-0.3, -0.25) is 9.59 Å². The van der Waals surface area contributed by atoms with Crippen LogP contribution in [0.15, 0.2) is 48.5 Å². The van der Waals surface area contributed by atoms with Gasteiger partial charge in [0.25, 0.3) is 5.91 Å². The minimum atomic E-state index is -0.247. The van der Waals surface area contributed by atoms with E-state index in [4.69, 9.17) is 11.6 Å². The van der Waals surface area contributed by atoms with Gasteiger partial charge in [-0.2, -0.15) is 0 Å². The smallest absolute Gasteiger partial charge is 0.272 e. The molecule has 3 rings (SSSR count). The highest BCUT2D eigenvalue weighted by Crippen LogP contribution is 2.21. The molecule has 0 aliphatic heterocycles. The Morgan fingerprint density at radius 1 is 1.05 bits per heavy atom. The molecule has 0 radical (unpaired) electrons. The van der Waals surface area contributed by atoms with Crippen molar-refractivity contribution < 1.29 is 9.59 Å². The molecular formula is C17H13ClN2O2. The number of amides is 1. The lowest BCUT2D eigenvalue weighted by Crippen LogP contribution is -2.12. The molecule has 0 fully saturated rings.